The third kappa shape index (κ3) is 3.35. The van der Waals surface area contributed by atoms with Crippen LogP contribution in [0.3, 0.4) is 0 Å². The summed E-state index contributed by atoms with van der Waals surface area (Å²) in [5.74, 6) is -1.37. The van der Waals surface area contributed by atoms with Crippen molar-refractivity contribution in [3.05, 3.63) is 0 Å². The lowest BCUT2D eigenvalue weighted by atomic mass is 9.99. The molecule has 0 radical (unpaired) electrons. The minimum absolute atomic E-state index is 0.479. The lowest BCUT2D eigenvalue weighted by Gasteiger charge is -2.31. The topological polar surface area (TPSA) is 75.3 Å². The lowest BCUT2D eigenvalue weighted by Crippen LogP contribution is -2.64. The van der Waals surface area contributed by atoms with E-state index in [1.54, 1.807) is 0 Å². The number of hydrogen-bond acceptors (Lipinski definition) is 3. The second-order valence-corrected chi connectivity index (χ2v) is 4.20. The molecule has 0 heterocycles. The van der Waals surface area contributed by atoms with E-state index in [1.165, 1.54) is 13.8 Å². The molecular formula is C8H15F3N2O2. The van der Waals surface area contributed by atoms with E-state index in [4.69, 9.17) is 10.8 Å². The van der Waals surface area contributed by atoms with Crippen molar-refractivity contribution in [2.24, 2.45) is 5.73 Å². The number of rotatable bonds is 3. The van der Waals surface area contributed by atoms with Gasteiger partial charge in [-0.3, -0.25) is 4.79 Å². The molecule has 0 saturated heterocycles. The summed E-state index contributed by atoms with van der Waals surface area (Å²) in [5.41, 5.74) is 0.786. The van der Waals surface area contributed by atoms with Gasteiger partial charge in [-0.25, -0.2) is 0 Å². The number of alkyl halides is 3. The molecule has 4 N–H and O–H groups in total. The van der Waals surface area contributed by atoms with Crippen LogP contribution in [0.4, 0.5) is 13.2 Å². The van der Waals surface area contributed by atoms with E-state index in [-0.39, 0.29) is 0 Å². The smallest absolute Gasteiger partial charge is 0.394 e. The monoisotopic (exact) mass is 228 g/mol. The van der Waals surface area contributed by atoms with E-state index in [0.717, 1.165) is 0 Å². The number of carbonyl (C=O) groups excluding carboxylic acids is 1. The number of aliphatic hydroxyl groups is 1. The minimum Gasteiger partial charge on any atom is -0.394 e. The summed E-state index contributed by atoms with van der Waals surface area (Å²) < 4.78 is 36.9. The first-order chi connectivity index (χ1) is 6.44. The van der Waals surface area contributed by atoms with Gasteiger partial charge >= 0.3 is 6.18 Å². The van der Waals surface area contributed by atoms with Gasteiger partial charge in [0.2, 0.25) is 5.91 Å². The molecule has 0 spiro atoms. The van der Waals surface area contributed by atoms with E-state index in [9.17, 15) is 18.0 Å². The van der Waals surface area contributed by atoms with Crippen molar-refractivity contribution in [3.63, 3.8) is 0 Å². The zero-order chi connectivity index (χ0) is 12.5. The molecule has 0 aliphatic rings. The van der Waals surface area contributed by atoms with Gasteiger partial charge in [-0.15, -0.1) is 0 Å². The fourth-order valence-electron chi connectivity index (χ4n) is 0.605. The molecule has 0 saturated carbocycles. The van der Waals surface area contributed by atoms with Crippen molar-refractivity contribution in [2.45, 2.75) is 38.0 Å². The molecule has 0 rings (SSSR count). The molecule has 0 aromatic heterocycles. The predicted octanol–water partition coefficient (Wildman–Crippen LogP) is 0.153. The maximum absolute atomic E-state index is 12.3. The quantitative estimate of drug-likeness (QED) is 0.643. The fraction of sp³-hybridized carbons (Fsp3) is 0.875. The molecular weight excluding hydrogens is 213 g/mol. The van der Waals surface area contributed by atoms with Gasteiger partial charge in [-0.2, -0.15) is 13.2 Å². The first-order valence-corrected chi connectivity index (χ1v) is 4.23. The largest absolute Gasteiger partial charge is 0.415 e. The average molecular weight is 228 g/mol. The highest BCUT2D eigenvalue weighted by atomic mass is 19.4. The second-order valence-electron chi connectivity index (χ2n) is 4.20. The molecule has 7 heteroatoms. The highest BCUT2D eigenvalue weighted by molar-refractivity contribution is 5.87. The van der Waals surface area contributed by atoms with Crippen LogP contribution in [0.2, 0.25) is 0 Å². The normalized spacial score (nSPS) is 17.1. The molecule has 1 amide bonds. The van der Waals surface area contributed by atoms with Gasteiger partial charge in [0.25, 0.3) is 0 Å². The Morgan fingerprint density at radius 1 is 1.33 bits per heavy atom. The van der Waals surface area contributed by atoms with E-state index in [0.29, 0.717) is 6.92 Å². The Morgan fingerprint density at radius 3 is 2.00 bits per heavy atom. The van der Waals surface area contributed by atoms with Crippen molar-refractivity contribution < 1.29 is 23.1 Å². The Labute approximate surface area is 85.6 Å². The van der Waals surface area contributed by atoms with Crippen molar-refractivity contribution in [1.29, 1.82) is 0 Å². The van der Waals surface area contributed by atoms with E-state index in [1.807, 2.05) is 5.32 Å². The molecule has 1 atom stereocenters. The van der Waals surface area contributed by atoms with Crippen LogP contribution in [0.15, 0.2) is 0 Å². The molecule has 0 aliphatic heterocycles. The minimum atomic E-state index is -4.83. The molecule has 15 heavy (non-hydrogen) atoms. The van der Waals surface area contributed by atoms with Crippen LogP contribution in [0.1, 0.15) is 20.8 Å². The predicted molar refractivity (Wildman–Crippen MR) is 48.0 cm³/mol. The fourth-order valence-corrected chi connectivity index (χ4v) is 0.605. The molecule has 0 aromatic carbocycles. The number of halogens is 3. The Hall–Kier alpha value is -0.820. The highest BCUT2D eigenvalue weighted by Crippen LogP contribution is 2.28. The summed E-state index contributed by atoms with van der Waals surface area (Å²) in [4.78, 5) is 11.2. The van der Waals surface area contributed by atoms with Gasteiger partial charge in [0.1, 0.15) is 0 Å². The van der Waals surface area contributed by atoms with Gasteiger partial charge in [-0.1, -0.05) is 0 Å². The Bertz CT molecular complexity index is 249. The van der Waals surface area contributed by atoms with Crippen LogP contribution in [0.25, 0.3) is 0 Å². The number of nitrogens with two attached hydrogens (primary N) is 1. The Morgan fingerprint density at radius 2 is 1.73 bits per heavy atom. The van der Waals surface area contributed by atoms with Gasteiger partial charge < -0.3 is 16.2 Å². The van der Waals surface area contributed by atoms with Gasteiger partial charge in [0.15, 0.2) is 5.54 Å². The Kier molecular flexibility index (Phi) is 3.76. The summed E-state index contributed by atoms with van der Waals surface area (Å²) in [6, 6.07) is 0. The standard InChI is InChI=1S/C8H15F3N2O2/c1-6(2,4-14)13-5(15)7(3,12)8(9,10)11/h14H,4,12H2,1-3H3,(H,13,15). The molecule has 90 valence electrons. The van der Waals surface area contributed by atoms with Crippen molar-refractivity contribution >= 4 is 5.91 Å². The highest BCUT2D eigenvalue weighted by Gasteiger charge is 2.54. The molecule has 0 fully saturated rings. The van der Waals surface area contributed by atoms with Crippen LogP contribution in [0, 0.1) is 0 Å². The van der Waals surface area contributed by atoms with Crippen molar-refractivity contribution in [2.75, 3.05) is 6.61 Å². The zero-order valence-electron chi connectivity index (χ0n) is 8.77. The van der Waals surface area contributed by atoms with Crippen LogP contribution < -0.4 is 11.1 Å². The average Bonchev–Trinajstić information content (AvgIpc) is 2.01. The van der Waals surface area contributed by atoms with Gasteiger partial charge in [0, 0.05) is 0 Å². The first-order valence-electron chi connectivity index (χ1n) is 4.23. The molecule has 1 unspecified atom stereocenters. The number of carbonyl (C=O) groups is 1. The lowest BCUT2D eigenvalue weighted by molar-refractivity contribution is -0.188. The summed E-state index contributed by atoms with van der Waals surface area (Å²) >= 11 is 0. The second kappa shape index (κ2) is 3.97. The number of amides is 1. The summed E-state index contributed by atoms with van der Waals surface area (Å²) in [7, 11) is 0. The van der Waals surface area contributed by atoms with E-state index in [2.05, 4.69) is 0 Å². The molecule has 0 bridgehead atoms. The van der Waals surface area contributed by atoms with Crippen LogP contribution in [-0.4, -0.2) is 34.9 Å². The number of aliphatic hydroxyl groups excluding tert-OH is 1. The van der Waals surface area contributed by atoms with Gasteiger partial charge in [0.05, 0.1) is 12.1 Å². The summed E-state index contributed by atoms with van der Waals surface area (Å²) in [5, 5.41) is 10.8. The molecule has 0 aliphatic carbocycles. The zero-order valence-corrected chi connectivity index (χ0v) is 8.77. The maximum atomic E-state index is 12.3. The Balaban J connectivity index is 4.74. The number of nitrogens with one attached hydrogen (secondary N) is 1. The van der Waals surface area contributed by atoms with Crippen LogP contribution in [-0.2, 0) is 4.79 Å². The summed E-state index contributed by atoms with van der Waals surface area (Å²) in [6.45, 7) is 2.87. The van der Waals surface area contributed by atoms with Crippen molar-refractivity contribution in [3.8, 4) is 0 Å². The maximum Gasteiger partial charge on any atom is 0.415 e. The third-order valence-corrected chi connectivity index (χ3v) is 1.91. The van der Waals surface area contributed by atoms with E-state index >= 15 is 0 Å². The van der Waals surface area contributed by atoms with Gasteiger partial charge in [-0.05, 0) is 20.8 Å². The number of hydrogen-bond donors (Lipinski definition) is 3. The first kappa shape index (κ1) is 14.2. The summed E-state index contributed by atoms with van der Waals surface area (Å²) in [6.07, 6.45) is -4.83. The molecule has 0 aromatic rings. The third-order valence-electron chi connectivity index (χ3n) is 1.91. The molecule has 4 nitrogen and oxygen atoms in total. The van der Waals surface area contributed by atoms with Crippen molar-refractivity contribution in [1.82, 2.24) is 5.32 Å². The van der Waals surface area contributed by atoms with Crippen LogP contribution in [0.5, 0.6) is 0 Å². The SMILES string of the molecule is CC(C)(CO)NC(=O)C(C)(N)C(F)(F)F. The van der Waals surface area contributed by atoms with Crippen LogP contribution >= 0.6 is 0 Å². The van der Waals surface area contributed by atoms with E-state index < -0.39 is 29.8 Å².